The number of aromatic nitrogens is 1. The summed E-state index contributed by atoms with van der Waals surface area (Å²) >= 11 is 6.63. The summed E-state index contributed by atoms with van der Waals surface area (Å²) in [5.41, 5.74) is 8.85. The first kappa shape index (κ1) is 23.2. The first-order valence-electron chi connectivity index (χ1n) is 11.8. The molecule has 5 nitrogen and oxygen atoms in total. The molecule has 0 radical (unpaired) electrons. The van der Waals surface area contributed by atoms with Crippen molar-refractivity contribution in [3.05, 3.63) is 46.6 Å². The third kappa shape index (κ3) is 5.33. The summed E-state index contributed by atoms with van der Waals surface area (Å²) in [7, 11) is 0. The predicted molar refractivity (Wildman–Crippen MR) is 130 cm³/mol. The third-order valence-corrected chi connectivity index (χ3v) is 7.68. The van der Waals surface area contributed by atoms with E-state index in [2.05, 4.69) is 22.9 Å². The Morgan fingerprint density at radius 1 is 1.25 bits per heavy atom. The number of halogens is 1. The molecule has 2 aromatic rings. The molecule has 3 N–H and O–H groups in total. The number of nitrogen functional groups attached to an aromatic ring is 1. The number of Topliss-reactive ketones (excluding diaryl/α,β-unsaturated/α-hetero) is 1. The minimum absolute atomic E-state index is 0.0223. The normalized spacial score (nSPS) is 26.4. The van der Waals surface area contributed by atoms with Gasteiger partial charge in [-0.2, -0.15) is 0 Å². The highest BCUT2D eigenvalue weighted by atomic mass is 35.5. The number of ketones is 1. The van der Waals surface area contributed by atoms with Crippen LogP contribution < -0.4 is 5.73 Å². The maximum atomic E-state index is 13.0. The SMILES string of the molecule is C[C@@H]1CCCN1Cc1ccc(-c2cnc(N)c(C(=O)CC3CCC(C)(O)CC3)c2)cc1Cl. The van der Waals surface area contributed by atoms with Gasteiger partial charge in [-0.05, 0) is 88.1 Å². The van der Waals surface area contributed by atoms with E-state index in [4.69, 9.17) is 17.3 Å². The van der Waals surface area contributed by atoms with Gasteiger partial charge in [-0.1, -0.05) is 23.7 Å². The Balaban J connectivity index is 1.48. The van der Waals surface area contributed by atoms with Crippen molar-refractivity contribution in [2.24, 2.45) is 5.92 Å². The van der Waals surface area contributed by atoms with Crippen molar-refractivity contribution in [1.82, 2.24) is 9.88 Å². The average molecular weight is 456 g/mol. The van der Waals surface area contributed by atoms with Gasteiger partial charge in [0.05, 0.1) is 11.2 Å². The lowest BCUT2D eigenvalue weighted by Gasteiger charge is -2.32. The number of carbonyl (C=O) groups is 1. The summed E-state index contributed by atoms with van der Waals surface area (Å²) in [6.45, 7) is 6.12. The number of rotatable bonds is 6. The van der Waals surface area contributed by atoms with E-state index in [1.54, 1.807) is 6.20 Å². The van der Waals surface area contributed by atoms with Crippen LogP contribution in [-0.4, -0.2) is 39.0 Å². The lowest BCUT2D eigenvalue weighted by atomic mass is 9.77. The molecule has 1 aromatic heterocycles. The summed E-state index contributed by atoms with van der Waals surface area (Å²) in [4.78, 5) is 19.8. The average Bonchev–Trinajstić information content (AvgIpc) is 3.16. The van der Waals surface area contributed by atoms with Gasteiger partial charge < -0.3 is 10.8 Å². The van der Waals surface area contributed by atoms with E-state index < -0.39 is 5.60 Å². The molecule has 1 aromatic carbocycles. The Kier molecular flexibility index (Phi) is 6.89. The summed E-state index contributed by atoms with van der Waals surface area (Å²) < 4.78 is 0. The Hall–Kier alpha value is -1.95. The zero-order chi connectivity index (χ0) is 22.9. The van der Waals surface area contributed by atoms with Gasteiger partial charge >= 0.3 is 0 Å². The second-order valence-electron chi connectivity index (χ2n) is 9.99. The fourth-order valence-electron chi connectivity index (χ4n) is 5.03. The van der Waals surface area contributed by atoms with Crippen LogP contribution in [0.1, 0.15) is 74.7 Å². The highest BCUT2D eigenvalue weighted by molar-refractivity contribution is 6.31. The molecule has 0 unspecified atom stereocenters. The topological polar surface area (TPSA) is 79.5 Å². The maximum Gasteiger partial charge on any atom is 0.166 e. The largest absolute Gasteiger partial charge is 0.390 e. The van der Waals surface area contributed by atoms with Crippen molar-refractivity contribution in [3.8, 4) is 11.1 Å². The quantitative estimate of drug-likeness (QED) is 0.563. The van der Waals surface area contributed by atoms with Crippen LogP contribution in [0.4, 0.5) is 5.82 Å². The number of anilines is 1. The van der Waals surface area contributed by atoms with Crippen molar-refractivity contribution in [3.63, 3.8) is 0 Å². The van der Waals surface area contributed by atoms with Crippen LogP contribution in [0.25, 0.3) is 11.1 Å². The Morgan fingerprint density at radius 2 is 2.00 bits per heavy atom. The van der Waals surface area contributed by atoms with Crippen LogP contribution in [0, 0.1) is 5.92 Å². The molecule has 0 bridgehead atoms. The Labute approximate surface area is 196 Å². The Morgan fingerprint density at radius 3 is 2.66 bits per heavy atom. The van der Waals surface area contributed by atoms with Crippen molar-refractivity contribution >= 4 is 23.2 Å². The number of pyridine rings is 1. The molecule has 0 spiro atoms. The van der Waals surface area contributed by atoms with E-state index in [9.17, 15) is 9.90 Å². The molecule has 2 heterocycles. The van der Waals surface area contributed by atoms with Crippen molar-refractivity contribution in [2.75, 3.05) is 12.3 Å². The lowest BCUT2D eigenvalue weighted by Crippen LogP contribution is -2.31. The molecule has 4 rings (SSSR count). The second kappa shape index (κ2) is 9.50. The number of benzene rings is 1. The van der Waals surface area contributed by atoms with Gasteiger partial charge in [0.2, 0.25) is 0 Å². The van der Waals surface area contributed by atoms with Gasteiger partial charge in [-0.3, -0.25) is 9.69 Å². The molecule has 2 aliphatic rings. The van der Waals surface area contributed by atoms with E-state index in [1.807, 2.05) is 25.1 Å². The molecule has 2 fully saturated rings. The summed E-state index contributed by atoms with van der Waals surface area (Å²) in [6, 6.07) is 8.52. The molecular formula is C26H34ClN3O2. The fourth-order valence-corrected chi connectivity index (χ4v) is 5.27. The monoisotopic (exact) mass is 455 g/mol. The minimum atomic E-state index is -0.599. The molecule has 172 valence electrons. The van der Waals surface area contributed by atoms with Gasteiger partial charge in [-0.25, -0.2) is 4.98 Å². The number of nitrogens with two attached hydrogens (primary N) is 1. The number of carbonyl (C=O) groups excluding carboxylic acids is 1. The highest BCUT2D eigenvalue weighted by Gasteiger charge is 2.30. The van der Waals surface area contributed by atoms with E-state index in [-0.39, 0.29) is 17.5 Å². The third-order valence-electron chi connectivity index (χ3n) is 7.33. The van der Waals surface area contributed by atoms with Gasteiger partial charge in [0.15, 0.2) is 5.78 Å². The smallest absolute Gasteiger partial charge is 0.166 e. The summed E-state index contributed by atoms with van der Waals surface area (Å²) in [6.07, 6.45) is 7.82. The molecule has 0 amide bonds. The molecule has 1 aliphatic heterocycles. The van der Waals surface area contributed by atoms with Gasteiger partial charge in [0.1, 0.15) is 5.82 Å². The van der Waals surface area contributed by atoms with Crippen LogP contribution >= 0.6 is 11.6 Å². The standard InChI is InChI=1S/C26H34ClN3O2/c1-17-4-3-11-30(17)16-20-6-5-19(14-23(20)27)21-13-22(25(28)29-15-21)24(31)12-18-7-9-26(2,32)10-8-18/h5-6,13-15,17-18,32H,3-4,7-12,16H2,1-2H3,(H2,28,29)/t17-,18?,26?/m1/s1. The molecule has 32 heavy (non-hydrogen) atoms. The molecular weight excluding hydrogens is 422 g/mol. The second-order valence-corrected chi connectivity index (χ2v) is 10.4. The number of hydrogen-bond donors (Lipinski definition) is 2. The van der Waals surface area contributed by atoms with Gasteiger partial charge in [0, 0.05) is 35.8 Å². The number of likely N-dealkylation sites (tertiary alicyclic amines) is 1. The maximum absolute atomic E-state index is 13.0. The summed E-state index contributed by atoms with van der Waals surface area (Å²) in [5.74, 6) is 0.578. The first-order chi connectivity index (χ1) is 15.2. The lowest BCUT2D eigenvalue weighted by molar-refractivity contribution is 0.00722. The van der Waals surface area contributed by atoms with Crippen molar-refractivity contribution in [2.45, 2.75) is 77.0 Å². The fraction of sp³-hybridized carbons (Fsp3) is 0.538. The van der Waals surface area contributed by atoms with E-state index in [1.165, 1.54) is 12.8 Å². The summed E-state index contributed by atoms with van der Waals surface area (Å²) in [5, 5.41) is 10.9. The zero-order valence-corrected chi connectivity index (χ0v) is 19.9. The van der Waals surface area contributed by atoms with Gasteiger partial charge in [0.25, 0.3) is 0 Å². The van der Waals surface area contributed by atoms with Crippen molar-refractivity contribution in [1.29, 1.82) is 0 Å². The number of aliphatic hydroxyl groups is 1. The zero-order valence-electron chi connectivity index (χ0n) is 19.1. The molecule has 1 saturated carbocycles. The van der Waals surface area contributed by atoms with Gasteiger partial charge in [-0.15, -0.1) is 0 Å². The minimum Gasteiger partial charge on any atom is -0.390 e. The molecule has 1 aliphatic carbocycles. The molecule has 1 atom stereocenters. The van der Waals surface area contributed by atoms with Crippen LogP contribution in [0.5, 0.6) is 0 Å². The predicted octanol–water partition coefficient (Wildman–Crippen LogP) is 5.48. The highest BCUT2D eigenvalue weighted by Crippen LogP contribution is 2.35. The van der Waals surface area contributed by atoms with E-state index >= 15 is 0 Å². The van der Waals surface area contributed by atoms with Crippen LogP contribution in [0.15, 0.2) is 30.5 Å². The molecule has 1 saturated heterocycles. The van der Waals surface area contributed by atoms with Crippen LogP contribution in [-0.2, 0) is 6.54 Å². The first-order valence-corrected chi connectivity index (χ1v) is 12.1. The van der Waals surface area contributed by atoms with Crippen LogP contribution in [0.2, 0.25) is 5.02 Å². The van der Waals surface area contributed by atoms with Crippen LogP contribution in [0.3, 0.4) is 0 Å². The van der Waals surface area contributed by atoms with Crippen molar-refractivity contribution < 1.29 is 9.90 Å². The van der Waals surface area contributed by atoms with E-state index in [0.717, 1.165) is 60.5 Å². The Bertz CT molecular complexity index is 981. The number of hydrogen-bond acceptors (Lipinski definition) is 5. The number of nitrogens with zero attached hydrogens (tertiary/aromatic N) is 2. The van der Waals surface area contributed by atoms with E-state index in [0.29, 0.717) is 18.0 Å². The molecule has 6 heteroatoms.